The summed E-state index contributed by atoms with van der Waals surface area (Å²) in [5.41, 5.74) is 2.87. The zero-order chi connectivity index (χ0) is 16.1. The van der Waals surface area contributed by atoms with Crippen LogP contribution in [0.2, 0.25) is 0 Å². The van der Waals surface area contributed by atoms with E-state index in [1.165, 1.54) is 6.20 Å². The molecule has 23 heavy (non-hydrogen) atoms. The summed E-state index contributed by atoms with van der Waals surface area (Å²) in [5, 5.41) is 9.00. The largest absolute Gasteiger partial charge is 0.489 e. The van der Waals surface area contributed by atoms with Gasteiger partial charge in [0, 0.05) is 6.20 Å². The quantitative estimate of drug-likeness (QED) is 0.773. The van der Waals surface area contributed by atoms with E-state index in [0.29, 0.717) is 6.61 Å². The predicted molar refractivity (Wildman–Crippen MR) is 87.4 cm³/mol. The number of aromatic nitrogens is 1. The van der Waals surface area contributed by atoms with E-state index >= 15 is 0 Å². The molecular weight excluding hydrogens is 290 g/mol. The lowest BCUT2D eigenvalue weighted by atomic mass is 10.1. The number of ether oxygens (including phenoxy) is 1. The van der Waals surface area contributed by atoms with E-state index in [2.05, 4.69) is 4.98 Å². The summed E-state index contributed by atoms with van der Waals surface area (Å²) < 4.78 is 5.74. The summed E-state index contributed by atoms with van der Waals surface area (Å²) in [4.78, 5) is 14.8. The minimum atomic E-state index is -1.03. The molecule has 0 saturated heterocycles. The van der Waals surface area contributed by atoms with Gasteiger partial charge in [-0.15, -0.1) is 0 Å². The molecule has 1 heterocycles. The Morgan fingerprint density at radius 3 is 2.39 bits per heavy atom. The molecule has 3 rings (SSSR count). The SMILES string of the molecule is O=C(O)c1cc(-c2ccc(OCc3ccccc3)cc2)ccn1. The van der Waals surface area contributed by atoms with Gasteiger partial charge in [0.1, 0.15) is 18.1 Å². The van der Waals surface area contributed by atoms with Crippen LogP contribution in [0.5, 0.6) is 5.75 Å². The lowest BCUT2D eigenvalue weighted by Crippen LogP contribution is -1.99. The molecule has 0 amide bonds. The zero-order valence-corrected chi connectivity index (χ0v) is 12.3. The highest BCUT2D eigenvalue weighted by Gasteiger charge is 2.06. The molecule has 0 atom stereocenters. The van der Waals surface area contributed by atoms with Crippen molar-refractivity contribution in [3.63, 3.8) is 0 Å². The highest BCUT2D eigenvalue weighted by molar-refractivity contribution is 5.87. The van der Waals surface area contributed by atoms with E-state index < -0.39 is 5.97 Å². The maximum atomic E-state index is 11.0. The van der Waals surface area contributed by atoms with Gasteiger partial charge in [-0.2, -0.15) is 0 Å². The predicted octanol–water partition coefficient (Wildman–Crippen LogP) is 4.03. The number of hydrogen-bond donors (Lipinski definition) is 1. The highest BCUT2D eigenvalue weighted by Crippen LogP contribution is 2.23. The van der Waals surface area contributed by atoms with Crippen LogP contribution in [-0.4, -0.2) is 16.1 Å². The van der Waals surface area contributed by atoms with Crippen LogP contribution in [0, 0.1) is 0 Å². The summed E-state index contributed by atoms with van der Waals surface area (Å²) in [6.07, 6.45) is 1.50. The van der Waals surface area contributed by atoms with E-state index in [-0.39, 0.29) is 5.69 Å². The smallest absolute Gasteiger partial charge is 0.354 e. The molecule has 0 unspecified atom stereocenters. The maximum Gasteiger partial charge on any atom is 0.354 e. The van der Waals surface area contributed by atoms with Gasteiger partial charge in [0.2, 0.25) is 0 Å². The molecule has 0 aliphatic heterocycles. The molecule has 3 aromatic rings. The van der Waals surface area contributed by atoms with Crippen LogP contribution in [0.25, 0.3) is 11.1 Å². The highest BCUT2D eigenvalue weighted by atomic mass is 16.5. The molecule has 0 spiro atoms. The van der Waals surface area contributed by atoms with Gasteiger partial charge < -0.3 is 9.84 Å². The third-order valence-electron chi connectivity index (χ3n) is 3.42. The van der Waals surface area contributed by atoms with E-state index in [0.717, 1.165) is 22.4 Å². The topological polar surface area (TPSA) is 59.4 Å². The number of benzene rings is 2. The standard InChI is InChI=1S/C19H15NO3/c21-19(22)18-12-16(10-11-20-18)15-6-8-17(9-7-15)23-13-14-4-2-1-3-5-14/h1-12H,13H2,(H,21,22). The molecule has 4 nitrogen and oxygen atoms in total. The first-order chi connectivity index (χ1) is 11.2. The summed E-state index contributed by atoms with van der Waals surface area (Å²) in [7, 11) is 0. The lowest BCUT2D eigenvalue weighted by molar-refractivity contribution is 0.0690. The van der Waals surface area contributed by atoms with Crippen LogP contribution in [-0.2, 0) is 6.61 Å². The maximum absolute atomic E-state index is 11.0. The normalized spacial score (nSPS) is 10.3. The summed E-state index contributed by atoms with van der Waals surface area (Å²) in [6.45, 7) is 0.513. The van der Waals surface area contributed by atoms with E-state index in [1.54, 1.807) is 12.1 Å². The average molecular weight is 305 g/mol. The fourth-order valence-electron chi connectivity index (χ4n) is 2.21. The Kier molecular flexibility index (Phi) is 4.34. The zero-order valence-electron chi connectivity index (χ0n) is 12.3. The Labute approximate surface area is 134 Å². The van der Waals surface area contributed by atoms with Crippen molar-refractivity contribution in [2.75, 3.05) is 0 Å². The van der Waals surface area contributed by atoms with E-state index in [4.69, 9.17) is 9.84 Å². The molecule has 4 heteroatoms. The van der Waals surface area contributed by atoms with Gasteiger partial charge in [-0.25, -0.2) is 9.78 Å². The van der Waals surface area contributed by atoms with Crippen molar-refractivity contribution in [2.24, 2.45) is 0 Å². The second-order valence-corrected chi connectivity index (χ2v) is 5.03. The van der Waals surface area contributed by atoms with Gasteiger partial charge in [-0.1, -0.05) is 42.5 Å². The van der Waals surface area contributed by atoms with Crippen LogP contribution in [0.3, 0.4) is 0 Å². The van der Waals surface area contributed by atoms with Gasteiger partial charge in [-0.3, -0.25) is 0 Å². The first kappa shape index (κ1) is 14.8. The Morgan fingerprint density at radius 2 is 1.70 bits per heavy atom. The molecule has 0 saturated carbocycles. The molecular formula is C19H15NO3. The summed E-state index contributed by atoms with van der Waals surface area (Å²) in [5.74, 6) is -0.264. The van der Waals surface area contributed by atoms with Crippen molar-refractivity contribution in [1.82, 2.24) is 4.98 Å². The van der Waals surface area contributed by atoms with Gasteiger partial charge in [0.25, 0.3) is 0 Å². The van der Waals surface area contributed by atoms with Crippen LogP contribution in [0.15, 0.2) is 72.9 Å². The first-order valence-corrected chi connectivity index (χ1v) is 7.19. The molecule has 114 valence electrons. The van der Waals surface area contributed by atoms with E-state index in [9.17, 15) is 4.79 Å². The molecule has 0 fully saturated rings. The van der Waals surface area contributed by atoms with Crippen molar-refractivity contribution < 1.29 is 14.6 Å². The molecule has 0 bridgehead atoms. The number of carboxylic acids is 1. The van der Waals surface area contributed by atoms with Crippen LogP contribution >= 0.6 is 0 Å². The average Bonchev–Trinajstić information content (AvgIpc) is 2.61. The van der Waals surface area contributed by atoms with Crippen molar-refractivity contribution in [3.05, 3.63) is 84.2 Å². The number of carbonyl (C=O) groups is 1. The van der Waals surface area contributed by atoms with Gasteiger partial charge in [0.05, 0.1) is 0 Å². The molecule has 1 aromatic heterocycles. The fourth-order valence-corrected chi connectivity index (χ4v) is 2.21. The number of aromatic carboxylic acids is 1. The fraction of sp³-hybridized carbons (Fsp3) is 0.0526. The second kappa shape index (κ2) is 6.75. The van der Waals surface area contributed by atoms with Crippen molar-refractivity contribution in [1.29, 1.82) is 0 Å². The number of rotatable bonds is 5. The Bertz CT molecular complexity index is 798. The third-order valence-corrected chi connectivity index (χ3v) is 3.42. The Balaban J connectivity index is 1.72. The second-order valence-electron chi connectivity index (χ2n) is 5.03. The summed E-state index contributed by atoms with van der Waals surface area (Å²) >= 11 is 0. The van der Waals surface area contributed by atoms with Crippen molar-refractivity contribution in [3.8, 4) is 16.9 Å². The Hall–Kier alpha value is -3.14. The molecule has 2 aromatic carbocycles. The third kappa shape index (κ3) is 3.74. The van der Waals surface area contributed by atoms with Crippen LogP contribution < -0.4 is 4.74 Å². The molecule has 0 aliphatic rings. The van der Waals surface area contributed by atoms with Crippen LogP contribution in [0.4, 0.5) is 0 Å². The van der Waals surface area contributed by atoms with Crippen LogP contribution in [0.1, 0.15) is 16.1 Å². The monoisotopic (exact) mass is 305 g/mol. The van der Waals surface area contributed by atoms with Crippen molar-refractivity contribution >= 4 is 5.97 Å². The lowest BCUT2D eigenvalue weighted by Gasteiger charge is -2.08. The number of carboxylic acid groups (broad SMARTS) is 1. The molecule has 0 aliphatic carbocycles. The first-order valence-electron chi connectivity index (χ1n) is 7.19. The van der Waals surface area contributed by atoms with Gasteiger partial charge >= 0.3 is 5.97 Å². The van der Waals surface area contributed by atoms with Crippen molar-refractivity contribution in [2.45, 2.75) is 6.61 Å². The number of nitrogens with zero attached hydrogens (tertiary/aromatic N) is 1. The number of hydrogen-bond acceptors (Lipinski definition) is 3. The number of pyridine rings is 1. The summed E-state index contributed by atoms with van der Waals surface area (Å²) in [6, 6.07) is 20.8. The van der Waals surface area contributed by atoms with Gasteiger partial charge in [-0.05, 0) is 41.0 Å². The molecule has 0 radical (unpaired) electrons. The van der Waals surface area contributed by atoms with Gasteiger partial charge in [0.15, 0.2) is 0 Å². The molecule has 1 N–H and O–H groups in total. The minimum absolute atomic E-state index is 0.0342. The Morgan fingerprint density at radius 1 is 0.957 bits per heavy atom. The minimum Gasteiger partial charge on any atom is -0.489 e. The van der Waals surface area contributed by atoms with E-state index in [1.807, 2.05) is 54.6 Å².